The smallest absolute Gasteiger partial charge is 0.0314 e. The van der Waals surface area contributed by atoms with Crippen molar-refractivity contribution >= 4 is 31.9 Å². The van der Waals surface area contributed by atoms with E-state index in [1.165, 1.54) is 11.1 Å². The van der Waals surface area contributed by atoms with Crippen molar-refractivity contribution in [1.82, 2.24) is 0 Å². The van der Waals surface area contributed by atoms with Gasteiger partial charge < -0.3 is 0 Å². The number of hydrogen-bond acceptors (Lipinski definition) is 0. The van der Waals surface area contributed by atoms with E-state index in [4.69, 9.17) is 0 Å². The van der Waals surface area contributed by atoms with Crippen molar-refractivity contribution in [2.75, 3.05) is 0 Å². The molecule has 0 nitrogen and oxygen atoms in total. The van der Waals surface area contributed by atoms with Gasteiger partial charge in [-0.3, -0.25) is 0 Å². The van der Waals surface area contributed by atoms with E-state index < -0.39 is 0 Å². The van der Waals surface area contributed by atoms with E-state index >= 15 is 0 Å². The van der Waals surface area contributed by atoms with Gasteiger partial charge in [-0.2, -0.15) is 0 Å². The normalized spacial score (nSPS) is 28.2. The standard InChI is InChI=1S/C10H10Br2/c11-9-5-7-3-1-2-4-8(7)6-10(9)12/h1-4,9-10H,5-6H2/t9-,10+. The van der Waals surface area contributed by atoms with Gasteiger partial charge in [-0.1, -0.05) is 56.1 Å². The Morgan fingerprint density at radius 2 is 1.33 bits per heavy atom. The molecule has 0 radical (unpaired) electrons. The molecule has 64 valence electrons. The number of halogens is 2. The maximum atomic E-state index is 3.68. The first-order valence-electron chi connectivity index (χ1n) is 4.12. The molecule has 0 amide bonds. The lowest BCUT2D eigenvalue weighted by Gasteiger charge is -2.25. The molecule has 0 fully saturated rings. The van der Waals surface area contributed by atoms with Gasteiger partial charge in [-0.05, 0) is 24.0 Å². The maximum Gasteiger partial charge on any atom is 0.0314 e. The van der Waals surface area contributed by atoms with E-state index in [0.29, 0.717) is 9.65 Å². The molecular formula is C10H10Br2. The zero-order chi connectivity index (χ0) is 8.55. The van der Waals surface area contributed by atoms with Crippen LogP contribution < -0.4 is 0 Å². The highest BCUT2D eigenvalue weighted by molar-refractivity contribution is 9.12. The van der Waals surface area contributed by atoms with Crippen molar-refractivity contribution in [1.29, 1.82) is 0 Å². The Morgan fingerprint density at radius 3 is 1.75 bits per heavy atom. The van der Waals surface area contributed by atoms with Crippen molar-refractivity contribution in [2.45, 2.75) is 22.5 Å². The third kappa shape index (κ3) is 1.60. The summed E-state index contributed by atoms with van der Waals surface area (Å²) in [5.41, 5.74) is 2.99. The molecule has 2 atom stereocenters. The minimum atomic E-state index is 0.590. The fourth-order valence-corrected chi connectivity index (χ4v) is 2.70. The van der Waals surface area contributed by atoms with Crippen molar-refractivity contribution in [3.05, 3.63) is 35.4 Å². The monoisotopic (exact) mass is 288 g/mol. The topological polar surface area (TPSA) is 0 Å². The first-order valence-corrected chi connectivity index (χ1v) is 5.95. The zero-order valence-corrected chi connectivity index (χ0v) is 9.81. The minimum Gasteiger partial charge on any atom is -0.0875 e. The van der Waals surface area contributed by atoms with Gasteiger partial charge >= 0.3 is 0 Å². The Kier molecular flexibility index (Phi) is 2.56. The number of benzene rings is 1. The molecule has 1 aromatic carbocycles. The van der Waals surface area contributed by atoms with Crippen LogP contribution in [-0.4, -0.2) is 9.65 Å². The Hall–Kier alpha value is 0.180. The van der Waals surface area contributed by atoms with Crippen LogP contribution in [0.25, 0.3) is 0 Å². The summed E-state index contributed by atoms with van der Waals surface area (Å²) >= 11 is 7.35. The van der Waals surface area contributed by atoms with Crippen LogP contribution in [0, 0.1) is 0 Å². The predicted octanol–water partition coefficient (Wildman–Crippen LogP) is 3.31. The molecule has 0 bridgehead atoms. The molecule has 12 heavy (non-hydrogen) atoms. The molecule has 0 unspecified atom stereocenters. The summed E-state index contributed by atoms with van der Waals surface area (Å²) in [7, 11) is 0. The molecule has 0 aromatic heterocycles. The molecule has 2 heteroatoms. The fraction of sp³-hybridized carbons (Fsp3) is 0.400. The van der Waals surface area contributed by atoms with Gasteiger partial charge in [0.2, 0.25) is 0 Å². The highest BCUT2D eigenvalue weighted by Gasteiger charge is 2.23. The first kappa shape index (κ1) is 8.76. The van der Waals surface area contributed by atoms with E-state index in [9.17, 15) is 0 Å². The van der Waals surface area contributed by atoms with Crippen LogP contribution >= 0.6 is 31.9 Å². The molecular weight excluding hydrogens is 280 g/mol. The average molecular weight is 290 g/mol. The predicted molar refractivity (Wildman–Crippen MR) is 59.3 cm³/mol. The molecule has 0 saturated heterocycles. The Morgan fingerprint density at radius 1 is 0.917 bits per heavy atom. The summed E-state index contributed by atoms with van der Waals surface area (Å²) in [6, 6.07) is 8.69. The Balaban J connectivity index is 2.34. The van der Waals surface area contributed by atoms with E-state index in [1.807, 2.05) is 0 Å². The summed E-state index contributed by atoms with van der Waals surface area (Å²) in [6.07, 6.45) is 2.29. The third-order valence-electron chi connectivity index (χ3n) is 2.34. The van der Waals surface area contributed by atoms with Gasteiger partial charge in [0, 0.05) is 9.65 Å². The van der Waals surface area contributed by atoms with Crippen LogP contribution in [-0.2, 0) is 12.8 Å². The molecule has 1 aliphatic rings. The average Bonchev–Trinajstić information content (AvgIpc) is 2.07. The molecule has 0 spiro atoms. The van der Waals surface area contributed by atoms with E-state index in [1.54, 1.807) is 0 Å². The Labute approximate surface area is 89.6 Å². The number of hydrogen-bond donors (Lipinski definition) is 0. The van der Waals surface area contributed by atoms with Gasteiger partial charge in [0.1, 0.15) is 0 Å². The second kappa shape index (κ2) is 3.51. The highest BCUT2D eigenvalue weighted by atomic mass is 79.9. The first-order chi connectivity index (χ1) is 5.77. The Bertz CT molecular complexity index is 254. The maximum absolute atomic E-state index is 3.68. The van der Waals surface area contributed by atoms with E-state index in [0.717, 1.165) is 12.8 Å². The summed E-state index contributed by atoms with van der Waals surface area (Å²) in [6.45, 7) is 0. The second-order valence-corrected chi connectivity index (χ2v) is 5.56. The largest absolute Gasteiger partial charge is 0.0875 e. The molecule has 0 aliphatic heterocycles. The van der Waals surface area contributed by atoms with Crippen LogP contribution in [0.1, 0.15) is 11.1 Å². The molecule has 0 N–H and O–H groups in total. The van der Waals surface area contributed by atoms with Gasteiger partial charge in [-0.15, -0.1) is 0 Å². The molecule has 0 saturated carbocycles. The summed E-state index contributed by atoms with van der Waals surface area (Å²) in [5, 5.41) is 0. The lowest BCUT2D eigenvalue weighted by atomic mass is 9.92. The number of fused-ring (bicyclic) bond motifs is 1. The van der Waals surface area contributed by atoms with Gasteiger partial charge in [-0.25, -0.2) is 0 Å². The third-order valence-corrected chi connectivity index (χ3v) is 4.97. The molecule has 0 heterocycles. The summed E-state index contributed by atoms with van der Waals surface area (Å²) < 4.78 is 0. The van der Waals surface area contributed by atoms with Gasteiger partial charge in [0.15, 0.2) is 0 Å². The van der Waals surface area contributed by atoms with Crippen LogP contribution in [0.5, 0.6) is 0 Å². The van der Waals surface area contributed by atoms with Crippen molar-refractivity contribution in [3.8, 4) is 0 Å². The van der Waals surface area contributed by atoms with Crippen molar-refractivity contribution in [2.24, 2.45) is 0 Å². The lowest BCUT2D eigenvalue weighted by molar-refractivity contribution is 0.738. The minimum absolute atomic E-state index is 0.590. The van der Waals surface area contributed by atoms with Crippen molar-refractivity contribution in [3.63, 3.8) is 0 Å². The number of alkyl halides is 2. The van der Waals surface area contributed by atoms with Crippen LogP contribution in [0.15, 0.2) is 24.3 Å². The molecule has 2 rings (SSSR count). The van der Waals surface area contributed by atoms with Crippen LogP contribution in [0.2, 0.25) is 0 Å². The zero-order valence-electron chi connectivity index (χ0n) is 6.63. The van der Waals surface area contributed by atoms with E-state index in [2.05, 4.69) is 56.1 Å². The van der Waals surface area contributed by atoms with Crippen LogP contribution in [0.4, 0.5) is 0 Å². The van der Waals surface area contributed by atoms with Crippen LogP contribution in [0.3, 0.4) is 0 Å². The SMILES string of the molecule is Br[C@@H]1Cc2ccccc2C[C@@H]1Br. The number of rotatable bonds is 0. The van der Waals surface area contributed by atoms with Gasteiger partial charge in [0.25, 0.3) is 0 Å². The highest BCUT2D eigenvalue weighted by Crippen LogP contribution is 2.29. The van der Waals surface area contributed by atoms with E-state index in [-0.39, 0.29) is 0 Å². The van der Waals surface area contributed by atoms with Crippen molar-refractivity contribution < 1.29 is 0 Å². The molecule has 1 aliphatic carbocycles. The summed E-state index contributed by atoms with van der Waals surface area (Å²) in [5.74, 6) is 0. The van der Waals surface area contributed by atoms with Gasteiger partial charge in [0.05, 0.1) is 0 Å². The second-order valence-electron chi connectivity index (χ2n) is 3.21. The summed E-state index contributed by atoms with van der Waals surface area (Å²) in [4.78, 5) is 1.18. The molecule has 1 aromatic rings. The lowest BCUT2D eigenvalue weighted by Crippen LogP contribution is -2.25. The fourth-order valence-electron chi connectivity index (χ4n) is 1.63. The quantitative estimate of drug-likeness (QED) is 0.643.